The van der Waals surface area contributed by atoms with Gasteiger partial charge in [0.15, 0.2) is 0 Å². The first-order chi connectivity index (χ1) is 23.2. The fraction of sp³-hybridized carbons (Fsp3) is 0.744. The largest absolute Gasteiger partial charge is 0.457 e. The molecule has 1 unspecified atom stereocenters. The van der Waals surface area contributed by atoms with Gasteiger partial charge in [-0.05, 0) is 57.8 Å². The SMILES string of the molecule is CC/C=C\C/C=C\C/C=C\C/C=C\C/C=C\CCCCCCOCC(CO)OC(=O)CCCCCCCCCCCCCCCCC. The lowest BCUT2D eigenvalue weighted by Crippen LogP contribution is -2.27. The van der Waals surface area contributed by atoms with Crippen molar-refractivity contribution in [1.82, 2.24) is 0 Å². The first kappa shape index (κ1) is 45.1. The average molecular weight is 657 g/mol. The molecular formula is C43H76O4. The van der Waals surface area contributed by atoms with Crippen molar-refractivity contribution >= 4 is 5.97 Å². The summed E-state index contributed by atoms with van der Waals surface area (Å²) in [7, 11) is 0. The summed E-state index contributed by atoms with van der Waals surface area (Å²) < 4.78 is 11.1. The highest BCUT2D eigenvalue weighted by Gasteiger charge is 2.13. The zero-order valence-electron chi connectivity index (χ0n) is 31.0. The van der Waals surface area contributed by atoms with Gasteiger partial charge in [-0.25, -0.2) is 0 Å². The van der Waals surface area contributed by atoms with Crippen LogP contribution < -0.4 is 0 Å². The summed E-state index contributed by atoms with van der Waals surface area (Å²) in [6, 6.07) is 0. The minimum absolute atomic E-state index is 0.183. The number of carbonyl (C=O) groups excluding carboxylic acids is 1. The molecule has 0 amide bonds. The first-order valence-corrected chi connectivity index (χ1v) is 19.9. The van der Waals surface area contributed by atoms with E-state index in [2.05, 4.69) is 74.6 Å². The fourth-order valence-corrected chi connectivity index (χ4v) is 5.41. The van der Waals surface area contributed by atoms with Crippen LogP contribution in [-0.2, 0) is 14.3 Å². The van der Waals surface area contributed by atoms with E-state index in [1.54, 1.807) is 0 Å². The van der Waals surface area contributed by atoms with Gasteiger partial charge in [0.25, 0.3) is 0 Å². The molecule has 0 saturated heterocycles. The molecule has 1 atom stereocenters. The van der Waals surface area contributed by atoms with E-state index in [-0.39, 0.29) is 19.2 Å². The number of aliphatic hydroxyl groups excluding tert-OH is 1. The highest BCUT2D eigenvalue weighted by molar-refractivity contribution is 5.69. The highest BCUT2D eigenvalue weighted by Crippen LogP contribution is 2.14. The number of aliphatic hydroxyl groups is 1. The molecule has 0 aliphatic rings. The minimum atomic E-state index is -0.547. The maximum Gasteiger partial charge on any atom is 0.306 e. The van der Waals surface area contributed by atoms with Crippen molar-refractivity contribution in [2.24, 2.45) is 0 Å². The van der Waals surface area contributed by atoms with Gasteiger partial charge >= 0.3 is 5.97 Å². The first-order valence-electron chi connectivity index (χ1n) is 19.9. The van der Waals surface area contributed by atoms with Crippen molar-refractivity contribution in [3.05, 3.63) is 60.8 Å². The molecule has 4 nitrogen and oxygen atoms in total. The van der Waals surface area contributed by atoms with E-state index in [0.29, 0.717) is 13.0 Å². The molecule has 0 bridgehead atoms. The zero-order chi connectivity index (χ0) is 34.1. The van der Waals surface area contributed by atoms with Crippen molar-refractivity contribution in [1.29, 1.82) is 0 Å². The van der Waals surface area contributed by atoms with Gasteiger partial charge < -0.3 is 14.6 Å². The fourth-order valence-electron chi connectivity index (χ4n) is 5.41. The molecule has 0 fully saturated rings. The Morgan fingerprint density at radius 3 is 1.45 bits per heavy atom. The van der Waals surface area contributed by atoms with Gasteiger partial charge in [-0.1, -0.05) is 177 Å². The molecule has 0 saturated carbocycles. The Hall–Kier alpha value is -1.91. The van der Waals surface area contributed by atoms with Crippen molar-refractivity contribution in [3.63, 3.8) is 0 Å². The molecule has 47 heavy (non-hydrogen) atoms. The molecule has 1 N–H and O–H groups in total. The summed E-state index contributed by atoms with van der Waals surface area (Å²) in [5.74, 6) is -0.211. The maximum absolute atomic E-state index is 12.2. The van der Waals surface area contributed by atoms with Crippen molar-refractivity contribution < 1.29 is 19.4 Å². The Morgan fingerprint density at radius 2 is 0.957 bits per heavy atom. The van der Waals surface area contributed by atoms with Crippen LogP contribution in [0.4, 0.5) is 0 Å². The quantitative estimate of drug-likeness (QED) is 0.0414. The number of allylic oxidation sites excluding steroid dienone is 10. The van der Waals surface area contributed by atoms with Crippen molar-refractivity contribution in [2.75, 3.05) is 19.8 Å². The molecular weight excluding hydrogens is 580 g/mol. The van der Waals surface area contributed by atoms with E-state index in [1.807, 2.05) is 0 Å². The molecule has 0 aromatic carbocycles. The summed E-state index contributed by atoms with van der Waals surface area (Å²) in [6.07, 6.45) is 52.7. The van der Waals surface area contributed by atoms with E-state index < -0.39 is 6.10 Å². The van der Waals surface area contributed by atoms with Crippen molar-refractivity contribution in [3.8, 4) is 0 Å². The van der Waals surface area contributed by atoms with Crippen LogP contribution in [0.3, 0.4) is 0 Å². The normalized spacial score (nSPS) is 13.0. The van der Waals surface area contributed by atoms with Gasteiger partial charge in [0, 0.05) is 13.0 Å². The number of esters is 1. The van der Waals surface area contributed by atoms with Crippen LogP contribution in [0, 0.1) is 0 Å². The van der Waals surface area contributed by atoms with Gasteiger partial charge in [-0.15, -0.1) is 0 Å². The van der Waals surface area contributed by atoms with E-state index >= 15 is 0 Å². The van der Waals surface area contributed by atoms with Crippen LogP contribution in [0.25, 0.3) is 0 Å². The number of ether oxygens (including phenoxy) is 2. The van der Waals surface area contributed by atoms with E-state index in [9.17, 15) is 9.90 Å². The summed E-state index contributed by atoms with van der Waals surface area (Å²) in [6.45, 7) is 5.18. The van der Waals surface area contributed by atoms with Crippen LogP contribution in [0.2, 0.25) is 0 Å². The second-order valence-electron chi connectivity index (χ2n) is 13.0. The molecule has 0 aliphatic carbocycles. The molecule has 0 aromatic rings. The Balaban J connectivity index is 3.51. The lowest BCUT2D eigenvalue weighted by molar-refractivity contribution is -0.154. The average Bonchev–Trinajstić information content (AvgIpc) is 3.08. The number of unbranched alkanes of at least 4 members (excludes halogenated alkanes) is 18. The van der Waals surface area contributed by atoms with Gasteiger partial charge in [0.05, 0.1) is 13.2 Å². The number of rotatable bonds is 36. The Bertz CT molecular complexity index is 779. The number of hydrogen-bond donors (Lipinski definition) is 1. The van der Waals surface area contributed by atoms with Crippen LogP contribution in [0.15, 0.2) is 60.8 Å². The predicted molar refractivity (Wildman–Crippen MR) is 205 cm³/mol. The van der Waals surface area contributed by atoms with Crippen molar-refractivity contribution in [2.45, 2.75) is 187 Å². The summed E-state index contributed by atoms with van der Waals surface area (Å²) in [5.41, 5.74) is 0. The van der Waals surface area contributed by atoms with Crippen LogP contribution in [0.5, 0.6) is 0 Å². The Morgan fingerprint density at radius 1 is 0.532 bits per heavy atom. The Kier molecular flexibility index (Phi) is 38.6. The monoisotopic (exact) mass is 657 g/mol. The van der Waals surface area contributed by atoms with Crippen LogP contribution in [0.1, 0.15) is 181 Å². The van der Waals surface area contributed by atoms with Crippen LogP contribution in [-0.4, -0.2) is 37.0 Å². The lowest BCUT2D eigenvalue weighted by Gasteiger charge is -2.15. The predicted octanol–water partition coefficient (Wildman–Crippen LogP) is 12.9. The molecule has 0 rings (SSSR count). The van der Waals surface area contributed by atoms with Gasteiger partial charge in [-0.3, -0.25) is 4.79 Å². The second-order valence-corrected chi connectivity index (χ2v) is 13.0. The third-order valence-electron chi connectivity index (χ3n) is 8.36. The zero-order valence-corrected chi connectivity index (χ0v) is 31.0. The van der Waals surface area contributed by atoms with E-state index in [1.165, 1.54) is 96.3 Å². The molecule has 0 aliphatic heterocycles. The smallest absolute Gasteiger partial charge is 0.306 e. The van der Waals surface area contributed by atoms with Gasteiger partial charge in [-0.2, -0.15) is 0 Å². The highest BCUT2D eigenvalue weighted by atomic mass is 16.6. The summed E-state index contributed by atoms with van der Waals surface area (Å²) in [4.78, 5) is 12.2. The number of carbonyl (C=O) groups is 1. The third-order valence-corrected chi connectivity index (χ3v) is 8.36. The molecule has 0 spiro atoms. The van der Waals surface area contributed by atoms with E-state index in [4.69, 9.17) is 9.47 Å². The van der Waals surface area contributed by atoms with Gasteiger partial charge in [0.1, 0.15) is 6.10 Å². The molecule has 272 valence electrons. The molecule has 0 aromatic heterocycles. The third kappa shape index (κ3) is 38.4. The van der Waals surface area contributed by atoms with Gasteiger partial charge in [0.2, 0.25) is 0 Å². The Labute approximate surface area is 292 Å². The second kappa shape index (κ2) is 40.3. The molecule has 4 heteroatoms. The summed E-state index contributed by atoms with van der Waals surface area (Å²) >= 11 is 0. The van der Waals surface area contributed by atoms with Crippen LogP contribution >= 0.6 is 0 Å². The minimum Gasteiger partial charge on any atom is -0.457 e. The molecule has 0 heterocycles. The van der Waals surface area contributed by atoms with E-state index in [0.717, 1.165) is 64.2 Å². The topological polar surface area (TPSA) is 55.8 Å². The molecule has 0 radical (unpaired) electrons. The summed E-state index contributed by atoms with van der Waals surface area (Å²) in [5, 5.41) is 9.58. The standard InChI is InChI=1S/C43H76O4/c1-3-5-7-9-11-13-15-17-19-20-21-22-23-25-27-29-31-33-35-37-39-46-41-42(40-44)47-43(45)38-36-34-32-30-28-26-24-18-16-14-12-10-8-6-4-2/h5,7,11,13,17,19,21-22,25,27,42,44H,3-4,6,8-10,12,14-16,18,20,23-24,26,28-41H2,1-2H3/b7-5-,13-11-,19-17-,22-21-,27-25-. The number of hydrogen-bond acceptors (Lipinski definition) is 4. The lowest BCUT2D eigenvalue weighted by atomic mass is 10.0. The maximum atomic E-state index is 12.2.